The highest BCUT2D eigenvalue weighted by Crippen LogP contribution is 2.25. The molecule has 3 N–H and O–H groups in total. The highest BCUT2D eigenvalue weighted by atomic mass is 15.1. The van der Waals surface area contributed by atoms with Crippen molar-refractivity contribution in [3.8, 4) is 0 Å². The number of aromatic nitrogens is 3. The topological polar surface area (TPSA) is 76.7 Å². The predicted octanol–water partition coefficient (Wildman–Crippen LogP) is 3.42. The molecule has 0 aliphatic heterocycles. The first-order valence-corrected chi connectivity index (χ1v) is 7.04. The molecule has 0 fully saturated rings. The average Bonchev–Trinajstić information content (AvgIpc) is 2.54. The predicted molar refractivity (Wildman–Crippen MR) is 90.3 cm³/mol. The molecule has 1 atom stereocenters. The normalized spacial score (nSPS) is 12.0. The van der Waals surface area contributed by atoms with E-state index in [0.29, 0.717) is 5.82 Å². The zero-order valence-corrected chi connectivity index (χ0v) is 12.3. The number of benzene rings is 1. The monoisotopic (exact) mass is 291 g/mol. The second-order valence-corrected chi connectivity index (χ2v) is 5.03. The van der Waals surface area contributed by atoms with Crippen LogP contribution in [0, 0.1) is 0 Å². The van der Waals surface area contributed by atoms with Gasteiger partial charge in [0, 0.05) is 11.6 Å². The lowest BCUT2D eigenvalue weighted by molar-refractivity contribution is 0.833. The summed E-state index contributed by atoms with van der Waals surface area (Å²) >= 11 is 0. The molecule has 110 valence electrons. The lowest BCUT2D eigenvalue weighted by Crippen LogP contribution is -2.11. The van der Waals surface area contributed by atoms with Crippen LogP contribution in [-0.4, -0.2) is 15.0 Å². The fraction of sp³-hybridized carbons (Fsp3) is 0.118. The first-order valence-electron chi connectivity index (χ1n) is 7.04. The fourth-order valence-corrected chi connectivity index (χ4v) is 2.31. The number of hydrogen-bond acceptors (Lipinski definition) is 5. The second-order valence-electron chi connectivity index (χ2n) is 5.03. The minimum atomic E-state index is 0.0118. The van der Waals surface area contributed by atoms with Crippen LogP contribution in [0.2, 0.25) is 0 Å². The van der Waals surface area contributed by atoms with Crippen LogP contribution >= 0.6 is 0 Å². The molecule has 0 amide bonds. The Hall–Kier alpha value is -2.95. The van der Waals surface area contributed by atoms with Gasteiger partial charge in [0.15, 0.2) is 0 Å². The molecule has 0 aliphatic rings. The summed E-state index contributed by atoms with van der Waals surface area (Å²) in [4.78, 5) is 13.0. The average molecular weight is 291 g/mol. The number of hydrogen-bond donors (Lipinski definition) is 2. The Morgan fingerprint density at radius 3 is 2.82 bits per heavy atom. The van der Waals surface area contributed by atoms with Crippen LogP contribution in [0.1, 0.15) is 24.2 Å². The van der Waals surface area contributed by atoms with Gasteiger partial charge < -0.3 is 11.1 Å². The third kappa shape index (κ3) is 2.74. The van der Waals surface area contributed by atoms with Crippen LogP contribution in [0.5, 0.6) is 0 Å². The van der Waals surface area contributed by atoms with E-state index in [1.54, 1.807) is 12.3 Å². The van der Waals surface area contributed by atoms with Crippen molar-refractivity contribution in [2.24, 2.45) is 0 Å². The summed E-state index contributed by atoms with van der Waals surface area (Å²) in [5, 5.41) is 4.28. The van der Waals surface area contributed by atoms with E-state index < -0.39 is 0 Å². The molecule has 1 aromatic carbocycles. The number of rotatable bonds is 4. The van der Waals surface area contributed by atoms with E-state index in [9.17, 15) is 0 Å². The van der Waals surface area contributed by atoms with Gasteiger partial charge in [-0.15, -0.1) is 0 Å². The van der Waals surface area contributed by atoms with Crippen molar-refractivity contribution in [2.75, 3.05) is 11.1 Å². The van der Waals surface area contributed by atoms with Crippen LogP contribution in [0.15, 0.2) is 49.2 Å². The Morgan fingerprint density at radius 1 is 1.23 bits per heavy atom. The first-order chi connectivity index (χ1) is 10.7. The Morgan fingerprint density at radius 2 is 2.09 bits per heavy atom. The van der Waals surface area contributed by atoms with E-state index in [1.807, 2.05) is 43.3 Å². The van der Waals surface area contributed by atoms with Gasteiger partial charge in [-0.2, -0.15) is 4.98 Å². The standard InChI is InChI=1S/C17H17N5/c1-3-12-7-8-13-15(10-12)21-17(18)22-16(13)20-11(2)14-6-4-5-9-19-14/h3-11H,1H2,2H3,(H3,18,20,21,22)/t11-/m1/s1. The van der Waals surface area contributed by atoms with Gasteiger partial charge >= 0.3 is 0 Å². The van der Waals surface area contributed by atoms with E-state index >= 15 is 0 Å². The minimum absolute atomic E-state index is 0.0118. The Balaban J connectivity index is 2.01. The minimum Gasteiger partial charge on any atom is -0.368 e. The number of pyridine rings is 1. The molecule has 0 saturated heterocycles. The molecule has 5 heteroatoms. The number of fused-ring (bicyclic) bond motifs is 1. The van der Waals surface area contributed by atoms with Gasteiger partial charge in [-0.25, -0.2) is 4.98 Å². The summed E-state index contributed by atoms with van der Waals surface area (Å²) in [6.07, 6.45) is 3.55. The molecule has 5 nitrogen and oxygen atoms in total. The highest BCUT2D eigenvalue weighted by Gasteiger charge is 2.11. The van der Waals surface area contributed by atoms with Crippen molar-refractivity contribution in [2.45, 2.75) is 13.0 Å². The third-order valence-electron chi connectivity index (χ3n) is 3.46. The zero-order valence-electron chi connectivity index (χ0n) is 12.3. The summed E-state index contributed by atoms with van der Waals surface area (Å²) < 4.78 is 0. The van der Waals surface area contributed by atoms with Gasteiger partial charge in [0.05, 0.1) is 17.3 Å². The van der Waals surface area contributed by atoms with E-state index in [-0.39, 0.29) is 12.0 Å². The number of nitrogens with zero attached hydrogens (tertiary/aromatic N) is 3. The van der Waals surface area contributed by atoms with Gasteiger partial charge in [-0.1, -0.05) is 24.8 Å². The Bertz CT molecular complexity index is 814. The first kappa shape index (κ1) is 14.0. The van der Waals surface area contributed by atoms with Crippen LogP contribution in [-0.2, 0) is 0 Å². The highest BCUT2D eigenvalue weighted by molar-refractivity contribution is 5.91. The molecule has 2 heterocycles. The Labute approximate surface area is 128 Å². The lowest BCUT2D eigenvalue weighted by Gasteiger charge is -2.16. The van der Waals surface area contributed by atoms with Gasteiger partial charge in [0.1, 0.15) is 5.82 Å². The lowest BCUT2D eigenvalue weighted by atomic mass is 10.1. The summed E-state index contributed by atoms with van der Waals surface area (Å²) in [6.45, 7) is 5.80. The SMILES string of the molecule is C=Cc1ccc2c(N[C@H](C)c3ccccn3)nc(N)nc2c1. The van der Waals surface area contributed by atoms with Crippen molar-refractivity contribution < 1.29 is 0 Å². The summed E-state index contributed by atoms with van der Waals surface area (Å²) in [7, 11) is 0. The molecule has 3 rings (SSSR count). The van der Waals surface area contributed by atoms with Gasteiger partial charge in [-0.3, -0.25) is 4.98 Å². The Kier molecular flexibility index (Phi) is 3.70. The van der Waals surface area contributed by atoms with Crippen LogP contribution < -0.4 is 11.1 Å². The van der Waals surface area contributed by atoms with Crippen molar-refractivity contribution in [1.82, 2.24) is 15.0 Å². The van der Waals surface area contributed by atoms with Crippen molar-refractivity contribution in [1.29, 1.82) is 0 Å². The number of nitrogens with two attached hydrogens (primary N) is 1. The zero-order chi connectivity index (χ0) is 15.5. The van der Waals surface area contributed by atoms with Crippen LogP contribution in [0.4, 0.5) is 11.8 Å². The quantitative estimate of drug-likeness (QED) is 0.770. The fourth-order valence-electron chi connectivity index (χ4n) is 2.31. The molecule has 0 bridgehead atoms. The number of anilines is 2. The maximum atomic E-state index is 5.83. The van der Waals surface area contributed by atoms with E-state index in [4.69, 9.17) is 5.73 Å². The van der Waals surface area contributed by atoms with Crippen molar-refractivity contribution in [3.05, 3.63) is 60.4 Å². The van der Waals surface area contributed by atoms with Gasteiger partial charge in [-0.05, 0) is 36.8 Å². The molecular formula is C17H17N5. The molecule has 22 heavy (non-hydrogen) atoms. The molecule has 0 spiro atoms. The molecular weight excluding hydrogens is 274 g/mol. The summed E-state index contributed by atoms with van der Waals surface area (Å²) in [5.74, 6) is 0.945. The van der Waals surface area contributed by atoms with E-state index in [0.717, 1.165) is 22.2 Å². The van der Waals surface area contributed by atoms with Crippen molar-refractivity contribution in [3.63, 3.8) is 0 Å². The largest absolute Gasteiger partial charge is 0.368 e. The van der Waals surface area contributed by atoms with Crippen LogP contribution in [0.25, 0.3) is 17.0 Å². The molecule has 0 unspecified atom stereocenters. The van der Waals surface area contributed by atoms with Crippen molar-refractivity contribution >= 4 is 28.7 Å². The summed E-state index contributed by atoms with van der Waals surface area (Å²) in [6, 6.07) is 11.7. The number of nitrogens with one attached hydrogen (secondary N) is 1. The summed E-state index contributed by atoms with van der Waals surface area (Å²) in [5.41, 5.74) is 8.55. The third-order valence-corrected chi connectivity index (χ3v) is 3.46. The molecule has 3 aromatic rings. The smallest absolute Gasteiger partial charge is 0.222 e. The van der Waals surface area contributed by atoms with Crippen LogP contribution in [0.3, 0.4) is 0 Å². The number of nitrogen functional groups attached to an aromatic ring is 1. The van der Waals surface area contributed by atoms with E-state index in [2.05, 4.69) is 26.8 Å². The molecule has 0 radical (unpaired) electrons. The maximum absolute atomic E-state index is 5.83. The van der Waals surface area contributed by atoms with Gasteiger partial charge in [0.2, 0.25) is 5.95 Å². The van der Waals surface area contributed by atoms with E-state index in [1.165, 1.54) is 0 Å². The molecule has 2 aromatic heterocycles. The molecule has 0 saturated carbocycles. The second kappa shape index (κ2) is 5.81. The molecule has 0 aliphatic carbocycles. The van der Waals surface area contributed by atoms with Gasteiger partial charge in [0.25, 0.3) is 0 Å². The maximum Gasteiger partial charge on any atom is 0.222 e.